The van der Waals surface area contributed by atoms with Gasteiger partial charge in [-0.15, -0.1) is 0 Å². The highest BCUT2D eigenvalue weighted by Crippen LogP contribution is 2.23. The molecule has 2 saturated heterocycles. The summed E-state index contributed by atoms with van der Waals surface area (Å²) in [7, 11) is 1.62. The number of rotatable bonds is 8. The summed E-state index contributed by atoms with van der Waals surface area (Å²) >= 11 is 6.36. The van der Waals surface area contributed by atoms with E-state index in [0.717, 1.165) is 63.1 Å². The number of hydrogen-bond acceptors (Lipinski definition) is 6. The Bertz CT molecular complexity index is 935. The summed E-state index contributed by atoms with van der Waals surface area (Å²) in [6.07, 6.45) is 3.49. The molecule has 0 saturated carbocycles. The summed E-state index contributed by atoms with van der Waals surface area (Å²) < 4.78 is 5.00. The molecule has 1 amide bonds. The van der Waals surface area contributed by atoms with Gasteiger partial charge < -0.3 is 15.0 Å². The van der Waals surface area contributed by atoms with Gasteiger partial charge in [-0.1, -0.05) is 35.9 Å². The van der Waals surface area contributed by atoms with Gasteiger partial charge in [0, 0.05) is 57.4 Å². The number of carbonyl (C=O) groups is 1. The molecule has 3 heterocycles. The zero-order chi connectivity index (χ0) is 23.8. The van der Waals surface area contributed by atoms with Crippen molar-refractivity contribution >= 4 is 23.3 Å². The standard InChI is InChI=1S/C26H36ClN5O2/c1-34-19-12-28-26(33)24-8-4-9-25(29-24)32-14-5-13-31(17-18-32)22-10-15-30(16-11-22)20-21-6-2-3-7-23(21)27/h2-4,6-9,22H,5,10-20H2,1H3,(H,28,33). The number of piperidine rings is 1. The summed E-state index contributed by atoms with van der Waals surface area (Å²) in [5, 5.41) is 3.71. The normalized spacial score (nSPS) is 18.6. The van der Waals surface area contributed by atoms with Crippen molar-refractivity contribution in [2.24, 2.45) is 0 Å². The number of aromatic nitrogens is 1. The molecule has 1 aromatic heterocycles. The highest BCUT2D eigenvalue weighted by atomic mass is 35.5. The van der Waals surface area contributed by atoms with Crippen molar-refractivity contribution < 1.29 is 9.53 Å². The van der Waals surface area contributed by atoms with Gasteiger partial charge in [0.1, 0.15) is 11.5 Å². The van der Waals surface area contributed by atoms with Gasteiger partial charge >= 0.3 is 0 Å². The summed E-state index contributed by atoms with van der Waals surface area (Å²) in [4.78, 5) is 24.5. The lowest BCUT2D eigenvalue weighted by Gasteiger charge is -2.38. The second-order valence-electron chi connectivity index (χ2n) is 9.11. The van der Waals surface area contributed by atoms with Crippen molar-refractivity contribution in [1.29, 1.82) is 0 Å². The maximum Gasteiger partial charge on any atom is 0.270 e. The fraction of sp³-hybridized carbons (Fsp3) is 0.538. The van der Waals surface area contributed by atoms with Crippen LogP contribution < -0.4 is 10.2 Å². The van der Waals surface area contributed by atoms with Crippen LogP contribution in [0.5, 0.6) is 0 Å². The number of hydrogen-bond donors (Lipinski definition) is 1. The Morgan fingerprint density at radius 1 is 1.06 bits per heavy atom. The van der Waals surface area contributed by atoms with E-state index < -0.39 is 0 Å². The summed E-state index contributed by atoms with van der Waals surface area (Å²) in [6.45, 7) is 8.16. The Morgan fingerprint density at radius 3 is 2.68 bits per heavy atom. The fourth-order valence-electron chi connectivity index (χ4n) is 4.92. The van der Waals surface area contributed by atoms with Crippen molar-refractivity contribution in [3.8, 4) is 0 Å². The van der Waals surface area contributed by atoms with E-state index in [4.69, 9.17) is 16.3 Å². The van der Waals surface area contributed by atoms with E-state index in [1.807, 2.05) is 24.3 Å². The van der Waals surface area contributed by atoms with Crippen molar-refractivity contribution in [3.63, 3.8) is 0 Å². The van der Waals surface area contributed by atoms with Crippen LogP contribution in [0.1, 0.15) is 35.3 Å². The third kappa shape index (κ3) is 6.69. The highest BCUT2D eigenvalue weighted by molar-refractivity contribution is 6.31. The summed E-state index contributed by atoms with van der Waals surface area (Å²) in [5.41, 5.74) is 1.68. The van der Waals surface area contributed by atoms with Gasteiger partial charge in [-0.25, -0.2) is 4.98 Å². The van der Waals surface area contributed by atoms with Crippen LogP contribution in [-0.4, -0.2) is 86.3 Å². The van der Waals surface area contributed by atoms with Crippen molar-refractivity contribution in [3.05, 3.63) is 58.7 Å². The molecule has 0 atom stereocenters. The molecule has 8 heteroatoms. The van der Waals surface area contributed by atoms with Crippen LogP contribution in [0.2, 0.25) is 5.02 Å². The van der Waals surface area contributed by atoms with Crippen LogP contribution in [0.3, 0.4) is 0 Å². The van der Waals surface area contributed by atoms with Gasteiger partial charge in [0.2, 0.25) is 0 Å². The molecule has 0 radical (unpaired) electrons. The average Bonchev–Trinajstić information content (AvgIpc) is 3.13. The van der Waals surface area contributed by atoms with E-state index in [1.54, 1.807) is 13.2 Å². The maximum absolute atomic E-state index is 12.4. The Kier molecular flexibility index (Phi) is 9.16. The van der Waals surface area contributed by atoms with E-state index in [-0.39, 0.29) is 5.91 Å². The molecule has 1 N–H and O–H groups in total. The first-order valence-electron chi connectivity index (χ1n) is 12.3. The molecule has 2 fully saturated rings. The van der Waals surface area contributed by atoms with Crippen LogP contribution in [0, 0.1) is 0 Å². The number of amides is 1. The van der Waals surface area contributed by atoms with E-state index >= 15 is 0 Å². The lowest BCUT2D eigenvalue weighted by atomic mass is 10.0. The molecule has 1 aromatic carbocycles. The monoisotopic (exact) mass is 485 g/mol. The zero-order valence-corrected chi connectivity index (χ0v) is 20.8. The summed E-state index contributed by atoms with van der Waals surface area (Å²) in [6, 6.07) is 14.5. The van der Waals surface area contributed by atoms with Crippen LogP contribution in [0.25, 0.3) is 0 Å². The second kappa shape index (κ2) is 12.5. The molecular formula is C26H36ClN5O2. The zero-order valence-electron chi connectivity index (χ0n) is 20.1. The molecule has 0 unspecified atom stereocenters. The van der Waals surface area contributed by atoms with Crippen molar-refractivity contribution in [2.75, 3.05) is 64.4 Å². The van der Waals surface area contributed by atoms with Gasteiger partial charge in [-0.05, 0) is 56.1 Å². The van der Waals surface area contributed by atoms with E-state index in [2.05, 4.69) is 37.1 Å². The Balaban J connectivity index is 1.27. The third-order valence-electron chi connectivity index (χ3n) is 6.84. The van der Waals surface area contributed by atoms with E-state index in [9.17, 15) is 4.79 Å². The quantitative estimate of drug-likeness (QED) is 0.579. The number of nitrogens with one attached hydrogen (secondary N) is 1. The van der Waals surface area contributed by atoms with Crippen LogP contribution in [0.4, 0.5) is 5.82 Å². The Hall–Kier alpha value is -2.19. The van der Waals surface area contributed by atoms with Crippen molar-refractivity contribution in [2.45, 2.75) is 31.8 Å². The molecule has 2 aliphatic heterocycles. The predicted octanol–water partition coefficient (Wildman–Crippen LogP) is 3.29. The molecule has 184 valence electrons. The lowest BCUT2D eigenvalue weighted by Crippen LogP contribution is -2.46. The van der Waals surface area contributed by atoms with Gasteiger partial charge in [0.25, 0.3) is 5.91 Å². The van der Waals surface area contributed by atoms with Gasteiger partial charge in [-0.2, -0.15) is 0 Å². The first kappa shape index (κ1) is 24.9. The highest BCUT2D eigenvalue weighted by Gasteiger charge is 2.27. The van der Waals surface area contributed by atoms with Crippen molar-refractivity contribution in [1.82, 2.24) is 20.1 Å². The van der Waals surface area contributed by atoms with Gasteiger partial charge in [0.15, 0.2) is 0 Å². The number of halogens is 1. The van der Waals surface area contributed by atoms with Crippen LogP contribution in [0.15, 0.2) is 42.5 Å². The first-order valence-corrected chi connectivity index (χ1v) is 12.7. The van der Waals surface area contributed by atoms with Gasteiger partial charge in [0.05, 0.1) is 6.61 Å². The fourth-order valence-corrected chi connectivity index (χ4v) is 5.12. The molecule has 34 heavy (non-hydrogen) atoms. The topological polar surface area (TPSA) is 60.9 Å². The molecule has 0 bridgehead atoms. The molecule has 0 spiro atoms. The number of nitrogens with zero attached hydrogens (tertiary/aromatic N) is 4. The SMILES string of the molecule is COCCNC(=O)c1cccc(N2CCCN(C3CCN(Cc4ccccc4Cl)CC3)CC2)n1. The molecule has 2 aromatic rings. The molecule has 7 nitrogen and oxygen atoms in total. The largest absolute Gasteiger partial charge is 0.383 e. The van der Waals surface area contributed by atoms with E-state index in [1.165, 1.54) is 18.4 Å². The number of methoxy groups -OCH3 is 1. The van der Waals surface area contributed by atoms with Gasteiger partial charge in [-0.3, -0.25) is 14.6 Å². The molecule has 0 aliphatic carbocycles. The summed E-state index contributed by atoms with van der Waals surface area (Å²) in [5.74, 6) is 0.731. The van der Waals surface area contributed by atoms with E-state index in [0.29, 0.717) is 24.9 Å². The maximum atomic E-state index is 12.4. The lowest BCUT2D eigenvalue weighted by molar-refractivity contribution is 0.0932. The Labute approximate surface area is 208 Å². The minimum Gasteiger partial charge on any atom is -0.383 e. The predicted molar refractivity (Wildman–Crippen MR) is 137 cm³/mol. The van der Waals surface area contributed by atoms with Crippen LogP contribution >= 0.6 is 11.6 Å². The number of pyridine rings is 1. The number of ether oxygens (including phenoxy) is 1. The minimum atomic E-state index is -0.154. The van der Waals surface area contributed by atoms with Crippen LogP contribution in [-0.2, 0) is 11.3 Å². The number of likely N-dealkylation sites (tertiary alicyclic amines) is 1. The average molecular weight is 486 g/mol. The third-order valence-corrected chi connectivity index (χ3v) is 7.21. The first-order chi connectivity index (χ1) is 16.6. The molecule has 4 rings (SSSR count). The second-order valence-corrected chi connectivity index (χ2v) is 9.51. The molecular weight excluding hydrogens is 450 g/mol. The number of anilines is 1. The minimum absolute atomic E-state index is 0.154. The Morgan fingerprint density at radius 2 is 1.88 bits per heavy atom. The smallest absolute Gasteiger partial charge is 0.270 e. The number of carbonyl (C=O) groups excluding carboxylic acids is 1. The molecule has 2 aliphatic rings. The number of benzene rings is 1.